The zero-order valence-electron chi connectivity index (χ0n) is 22.8. The van der Waals surface area contributed by atoms with Crippen molar-refractivity contribution < 1.29 is 27.5 Å². The van der Waals surface area contributed by atoms with Crippen molar-refractivity contribution in [1.29, 1.82) is 0 Å². The maximum atomic E-state index is 13.9. The van der Waals surface area contributed by atoms with Crippen LogP contribution in [0, 0.1) is 0 Å². The first-order valence-electron chi connectivity index (χ1n) is 12.5. The number of amides is 2. The number of hydrogen-bond acceptors (Lipinski definition) is 6. The number of anilines is 1. The minimum absolute atomic E-state index is 0.0722. The lowest BCUT2D eigenvalue weighted by molar-refractivity contribution is -0.139. The van der Waals surface area contributed by atoms with Gasteiger partial charge in [-0.05, 0) is 50.6 Å². The number of benzene rings is 3. The number of nitrogens with one attached hydrogen (secondary N) is 1. The Morgan fingerprint density at radius 3 is 2.00 bits per heavy atom. The largest absolute Gasteiger partial charge is 0.493 e. The van der Waals surface area contributed by atoms with Crippen molar-refractivity contribution in [1.82, 2.24) is 10.2 Å². The van der Waals surface area contributed by atoms with Crippen LogP contribution in [0.25, 0.3) is 0 Å². The summed E-state index contributed by atoms with van der Waals surface area (Å²) in [5.74, 6) is -0.248. The number of nitrogens with zero attached hydrogens (tertiary/aromatic N) is 2. The van der Waals surface area contributed by atoms with Gasteiger partial charge in [0.05, 0.1) is 24.8 Å². The van der Waals surface area contributed by atoms with Gasteiger partial charge in [0.15, 0.2) is 11.5 Å². The van der Waals surface area contributed by atoms with Gasteiger partial charge in [0.1, 0.15) is 12.6 Å². The maximum absolute atomic E-state index is 13.9. The van der Waals surface area contributed by atoms with Gasteiger partial charge >= 0.3 is 0 Å². The third-order valence-electron chi connectivity index (χ3n) is 6.06. The summed E-state index contributed by atoms with van der Waals surface area (Å²) in [5.41, 5.74) is 1.11. The highest BCUT2D eigenvalue weighted by Crippen LogP contribution is 2.32. The molecule has 0 spiro atoms. The lowest BCUT2D eigenvalue weighted by atomic mass is 10.1. The number of carbonyl (C=O) groups is 2. The molecule has 0 aromatic heterocycles. The fraction of sp³-hybridized carbons (Fsp3) is 0.310. The molecule has 10 heteroatoms. The van der Waals surface area contributed by atoms with Gasteiger partial charge in [0.2, 0.25) is 11.8 Å². The second kappa shape index (κ2) is 13.1. The minimum atomic E-state index is -4.23. The summed E-state index contributed by atoms with van der Waals surface area (Å²) in [6.45, 7) is 4.91. The highest BCUT2D eigenvalue weighted by molar-refractivity contribution is 7.92. The number of methoxy groups -OCH3 is 2. The normalized spacial score (nSPS) is 11.9. The highest BCUT2D eigenvalue weighted by Gasteiger charge is 2.33. The van der Waals surface area contributed by atoms with Gasteiger partial charge in [-0.2, -0.15) is 0 Å². The maximum Gasteiger partial charge on any atom is 0.264 e. The van der Waals surface area contributed by atoms with Crippen molar-refractivity contribution in [2.75, 3.05) is 25.1 Å². The van der Waals surface area contributed by atoms with Gasteiger partial charge in [-0.3, -0.25) is 13.9 Å². The van der Waals surface area contributed by atoms with E-state index in [0.717, 1.165) is 9.87 Å². The molecule has 0 fully saturated rings. The number of sulfonamides is 1. The smallest absolute Gasteiger partial charge is 0.264 e. The molecule has 0 aliphatic carbocycles. The van der Waals surface area contributed by atoms with Gasteiger partial charge in [-0.1, -0.05) is 48.5 Å². The molecule has 0 aliphatic rings. The zero-order chi connectivity index (χ0) is 28.6. The molecule has 1 N–H and O–H groups in total. The summed E-state index contributed by atoms with van der Waals surface area (Å²) in [5, 5.41) is 2.84. The van der Waals surface area contributed by atoms with Crippen LogP contribution in [0.5, 0.6) is 11.5 Å². The Hall–Kier alpha value is -4.05. The summed E-state index contributed by atoms with van der Waals surface area (Å²) < 4.78 is 39.5. The van der Waals surface area contributed by atoms with Crippen molar-refractivity contribution in [3.8, 4) is 11.5 Å². The van der Waals surface area contributed by atoms with Crippen LogP contribution < -0.4 is 19.1 Å². The molecular formula is C29H35N3O6S. The van der Waals surface area contributed by atoms with Crippen molar-refractivity contribution >= 4 is 27.5 Å². The van der Waals surface area contributed by atoms with E-state index in [2.05, 4.69) is 5.32 Å². The van der Waals surface area contributed by atoms with E-state index in [4.69, 9.17) is 9.47 Å². The summed E-state index contributed by atoms with van der Waals surface area (Å²) in [7, 11) is -1.36. The van der Waals surface area contributed by atoms with Crippen molar-refractivity contribution in [2.45, 2.75) is 44.3 Å². The Labute approximate surface area is 230 Å². The summed E-state index contributed by atoms with van der Waals surface area (Å²) in [6, 6.07) is 20.9. The fourth-order valence-corrected chi connectivity index (χ4v) is 5.43. The number of rotatable bonds is 12. The van der Waals surface area contributed by atoms with E-state index in [1.807, 2.05) is 44.2 Å². The highest BCUT2D eigenvalue weighted by atomic mass is 32.2. The first-order valence-corrected chi connectivity index (χ1v) is 14.0. The topological polar surface area (TPSA) is 105 Å². The lowest BCUT2D eigenvalue weighted by Crippen LogP contribution is -2.52. The average Bonchev–Trinajstić information content (AvgIpc) is 2.94. The quantitative estimate of drug-likeness (QED) is 0.365. The number of ether oxygens (including phenoxy) is 2. The predicted octanol–water partition coefficient (Wildman–Crippen LogP) is 3.84. The molecule has 0 aliphatic heterocycles. The number of carbonyl (C=O) groups excluding carboxylic acids is 2. The summed E-state index contributed by atoms with van der Waals surface area (Å²) >= 11 is 0. The zero-order valence-corrected chi connectivity index (χ0v) is 23.6. The molecule has 0 heterocycles. The SMILES string of the molecule is COc1ccc(S(=O)(=O)N(CC(=O)N(Cc2ccccc2)C(C)C(=O)NC(C)C)c2ccccc2)cc1OC. The molecule has 1 unspecified atom stereocenters. The molecule has 9 nitrogen and oxygen atoms in total. The average molecular weight is 554 g/mol. The van der Waals surface area contributed by atoms with Gasteiger partial charge < -0.3 is 19.7 Å². The van der Waals surface area contributed by atoms with Crippen LogP contribution in [-0.4, -0.2) is 58.0 Å². The molecule has 3 aromatic carbocycles. The molecule has 0 radical (unpaired) electrons. The molecule has 3 rings (SSSR count). The van der Waals surface area contributed by atoms with E-state index in [1.165, 1.54) is 37.3 Å². The Morgan fingerprint density at radius 2 is 1.44 bits per heavy atom. The minimum Gasteiger partial charge on any atom is -0.493 e. The predicted molar refractivity (Wildman–Crippen MR) is 150 cm³/mol. The number of para-hydroxylation sites is 1. The molecule has 0 saturated carbocycles. The molecule has 208 valence electrons. The van der Waals surface area contributed by atoms with E-state index >= 15 is 0 Å². The molecular weight excluding hydrogens is 518 g/mol. The Balaban J connectivity index is 2.03. The van der Waals surface area contributed by atoms with E-state index in [9.17, 15) is 18.0 Å². The fourth-order valence-electron chi connectivity index (χ4n) is 4.00. The van der Waals surface area contributed by atoms with Crippen LogP contribution in [0.3, 0.4) is 0 Å². The lowest BCUT2D eigenvalue weighted by Gasteiger charge is -2.32. The molecule has 3 aromatic rings. The first kappa shape index (κ1) is 29.5. The van der Waals surface area contributed by atoms with Crippen LogP contribution in [0.4, 0.5) is 5.69 Å². The van der Waals surface area contributed by atoms with Gasteiger partial charge in [-0.15, -0.1) is 0 Å². The van der Waals surface area contributed by atoms with Crippen LogP contribution in [0.1, 0.15) is 26.3 Å². The molecule has 0 bridgehead atoms. The van der Waals surface area contributed by atoms with Gasteiger partial charge in [0, 0.05) is 18.7 Å². The first-order chi connectivity index (χ1) is 18.6. The monoisotopic (exact) mass is 553 g/mol. The second-order valence-electron chi connectivity index (χ2n) is 9.21. The number of hydrogen-bond donors (Lipinski definition) is 1. The molecule has 2 amide bonds. The Bertz CT molecular complexity index is 1360. The third-order valence-corrected chi connectivity index (χ3v) is 7.83. The van der Waals surface area contributed by atoms with Crippen molar-refractivity contribution in [2.24, 2.45) is 0 Å². The van der Waals surface area contributed by atoms with Crippen LogP contribution in [0.15, 0.2) is 83.8 Å². The Kier molecular flexibility index (Phi) is 9.95. The Morgan fingerprint density at radius 1 is 0.846 bits per heavy atom. The van der Waals surface area contributed by atoms with Crippen LogP contribution >= 0.6 is 0 Å². The summed E-state index contributed by atoms with van der Waals surface area (Å²) in [6.07, 6.45) is 0. The van der Waals surface area contributed by atoms with E-state index in [0.29, 0.717) is 11.4 Å². The van der Waals surface area contributed by atoms with Crippen molar-refractivity contribution in [3.05, 3.63) is 84.4 Å². The van der Waals surface area contributed by atoms with E-state index in [1.54, 1.807) is 37.3 Å². The second-order valence-corrected chi connectivity index (χ2v) is 11.1. The van der Waals surface area contributed by atoms with Gasteiger partial charge in [-0.25, -0.2) is 8.42 Å². The van der Waals surface area contributed by atoms with Crippen LogP contribution in [-0.2, 0) is 26.2 Å². The van der Waals surface area contributed by atoms with Crippen molar-refractivity contribution in [3.63, 3.8) is 0 Å². The van der Waals surface area contributed by atoms with E-state index in [-0.39, 0.29) is 29.1 Å². The third kappa shape index (κ3) is 7.29. The molecule has 39 heavy (non-hydrogen) atoms. The molecule has 0 saturated heterocycles. The van der Waals surface area contributed by atoms with Gasteiger partial charge in [0.25, 0.3) is 10.0 Å². The van der Waals surface area contributed by atoms with Crippen LogP contribution in [0.2, 0.25) is 0 Å². The van der Waals surface area contributed by atoms with E-state index < -0.39 is 28.5 Å². The standard InChI is InChI=1S/C29H35N3O6S/c1-21(2)30-29(34)22(3)31(19-23-12-8-6-9-13-23)28(33)20-32(24-14-10-7-11-15-24)39(35,36)25-16-17-26(37-4)27(18-25)38-5/h6-18,21-22H,19-20H2,1-5H3,(H,30,34). The molecule has 1 atom stereocenters. The summed E-state index contributed by atoms with van der Waals surface area (Å²) in [4.78, 5) is 28.1.